The van der Waals surface area contributed by atoms with Gasteiger partial charge < -0.3 is 10.6 Å². The van der Waals surface area contributed by atoms with E-state index >= 15 is 0 Å². The number of imide groups is 2. The summed E-state index contributed by atoms with van der Waals surface area (Å²) in [6.07, 6.45) is 9.31. The van der Waals surface area contributed by atoms with Gasteiger partial charge in [0.2, 0.25) is 11.8 Å². The summed E-state index contributed by atoms with van der Waals surface area (Å²) in [5, 5.41) is 5.45. The standard InChI is InChI=1S/2C8H8N2O3S2.C2H6S2.CH4.I2.P2S2/c2*11-5(9-8-14-15-8)3-4-10-6(12)1-2-7(10)13;1-3-4-2;;1-2;3-1-2-4/h2*1-2,8H,3-4H2,(H,9,11);1-2H3;1H4;;. The number of nitrogens with zero attached hydrogens (tertiary/aromatic N) is 2. The number of nitrogens with one attached hydrogen (secondary N) is 2. The lowest BCUT2D eigenvalue weighted by atomic mass is 10.3. The van der Waals surface area contributed by atoms with E-state index in [4.69, 9.17) is 0 Å². The van der Waals surface area contributed by atoms with Gasteiger partial charge in [-0.15, -0.1) is 0 Å². The number of rotatable bonds is 10. The molecule has 0 saturated carbocycles. The molecule has 0 aliphatic carbocycles. The second kappa shape index (κ2) is 27.6. The fourth-order valence-corrected chi connectivity index (χ4v) is 4.03. The van der Waals surface area contributed by atoms with Crippen LogP contribution in [-0.4, -0.2) is 80.3 Å². The van der Waals surface area contributed by atoms with Crippen molar-refractivity contribution in [2.45, 2.75) is 29.7 Å². The van der Waals surface area contributed by atoms with Crippen LogP contribution in [0.1, 0.15) is 20.3 Å². The Labute approximate surface area is 300 Å². The Morgan fingerprint density at radius 1 is 0.756 bits per heavy atom. The molecule has 0 bridgehead atoms. The minimum atomic E-state index is -0.344. The van der Waals surface area contributed by atoms with E-state index in [1.165, 1.54) is 24.3 Å². The van der Waals surface area contributed by atoms with Crippen molar-refractivity contribution in [2.75, 3.05) is 25.6 Å². The van der Waals surface area contributed by atoms with Gasteiger partial charge in [-0.05, 0) is 36.1 Å². The van der Waals surface area contributed by atoms with Gasteiger partial charge in [-0.25, -0.2) is 0 Å². The molecule has 0 radical (unpaired) electrons. The lowest BCUT2D eigenvalue weighted by molar-refractivity contribution is -0.139. The van der Waals surface area contributed by atoms with Crippen molar-refractivity contribution in [1.29, 1.82) is 0 Å². The normalized spacial score (nSPS) is 16.3. The summed E-state index contributed by atoms with van der Waals surface area (Å²) in [5.74, 6) is -1.65. The lowest BCUT2D eigenvalue weighted by Crippen LogP contribution is -2.34. The third-order valence-corrected chi connectivity index (χ3v) is 11.6. The van der Waals surface area contributed by atoms with E-state index in [1.54, 1.807) is 64.8 Å². The number of hydrogen-bond acceptors (Lipinski definition) is 14. The topological polar surface area (TPSA) is 133 Å². The summed E-state index contributed by atoms with van der Waals surface area (Å²) in [6.45, 7) is 0.303. The molecule has 4 aliphatic heterocycles. The van der Waals surface area contributed by atoms with Crippen molar-refractivity contribution in [1.82, 2.24) is 20.4 Å². The lowest BCUT2D eigenvalue weighted by Gasteiger charge is -2.12. The second-order valence-corrected chi connectivity index (χ2v) is 19.0. The quantitative estimate of drug-likeness (QED) is 0.0880. The van der Waals surface area contributed by atoms with Gasteiger partial charge in [0.05, 0.1) is 0 Å². The Balaban J connectivity index is 0. The van der Waals surface area contributed by atoms with Crippen molar-refractivity contribution in [3.05, 3.63) is 24.3 Å². The van der Waals surface area contributed by atoms with Crippen LogP contribution in [-0.2, 0) is 52.4 Å². The van der Waals surface area contributed by atoms with Crippen LogP contribution >= 0.6 is 116 Å². The molecular weight excluding hydrogens is 953 g/mol. The van der Waals surface area contributed by atoms with Crippen LogP contribution in [0.5, 0.6) is 0 Å². The molecule has 230 valence electrons. The maximum absolute atomic E-state index is 11.3. The van der Waals surface area contributed by atoms with Gasteiger partial charge in [0.15, 0.2) is 0 Å². The van der Waals surface area contributed by atoms with Gasteiger partial charge in [0.25, 0.3) is 23.6 Å². The zero-order valence-electron chi connectivity index (χ0n) is 20.6. The molecule has 2 saturated heterocycles. The molecule has 2 fully saturated rings. The number of halogens is 2. The van der Waals surface area contributed by atoms with Crippen LogP contribution in [0.15, 0.2) is 24.3 Å². The third-order valence-electron chi connectivity index (χ3n) is 4.07. The molecule has 0 spiro atoms. The number of carbonyl (C=O) groups is 6. The molecular formula is C19H26I2N4O6P2S8. The Morgan fingerprint density at radius 2 is 1.02 bits per heavy atom. The van der Waals surface area contributed by atoms with Crippen LogP contribution < -0.4 is 10.6 Å². The maximum atomic E-state index is 11.3. The molecule has 0 aromatic heterocycles. The van der Waals surface area contributed by atoms with Gasteiger partial charge >= 0.3 is 0 Å². The van der Waals surface area contributed by atoms with E-state index in [9.17, 15) is 28.8 Å². The van der Waals surface area contributed by atoms with Gasteiger partial charge in [-0.1, -0.05) is 72.2 Å². The minimum absolute atomic E-state index is 0. The monoisotopic (exact) mass is 978 g/mol. The Morgan fingerprint density at radius 3 is 1.22 bits per heavy atom. The number of hydrogen-bond donors (Lipinski definition) is 2. The van der Waals surface area contributed by atoms with Crippen LogP contribution in [0.25, 0.3) is 0 Å². The first kappa shape index (κ1) is 44.4. The highest BCUT2D eigenvalue weighted by Crippen LogP contribution is 2.51. The van der Waals surface area contributed by atoms with Gasteiger partial charge in [0, 0.05) is 102 Å². The first-order chi connectivity index (χ1) is 19.2. The highest BCUT2D eigenvalue weighted by Gasteiger charge is 2.29. The predicted octanol–water partition coefficient (Wildman–Crippen LogP) is 5.95. The molecule has 4 rings (SSSR count). The predicted molar refractivity (Wildman–Crippen MR) is 206 cm³/mol. The van der Waals surface area contributed by atoms with E-state index < -0.39 is 0 Å². The Kier molecular flexibility index (Phi) is 29.9. The van der Waals surface area contributed by atoms with Gasteiger partial charge in [-0.2, -0.15) is 0 Å². The van der Waals surface area contributed by atoms with Crippen molar-refractivity contribution < 1.29 is 28.8 Å². The highest BCUT2D eigenvalue weighted by atomic mass is 128. The van der Waals surface area contributed by atoms with Crippen molar-refractivity contribution in [3.8, 4) is 0 Å². The Hall–Kier alpha value is 1.30. The summed E-state index contributed by atoms with van der Waals surface area (Å²) >= 11 is 13.1. The van der Waals surface area contributed by atoms with Crippen molar-refractivity contribution in [2.24, 2.45) is 0 Å². The summed E-state index contributed by atoms with van der Waals surface area (Å²) in [6, 6.07) is 0. The molecule has 6 amide bonds. The van der Waals surface area contributed by atoms with E-state index in [2.05, 4.69) is 84.0 Å². The summed E-state index contributed by atoms with van der Waals surface area (Å²) < 4.78 is 0.307. The van der Waals surface area contributed by atoms with Crippen molar-refractivity contribution in [3.63, 3.8) is 0 Å². The smallest absolute Gasteiger partial charge is 0.253 e. The van der Waals surface area contributed by atoms with Crippen LogP contribution in [0.2, 0.25) is 0 Å². The van der Waals surface area contributed by atoms with Gasteiger partial charge in [-0.3, -0.25) is 38.6 Å². The molecule has 0 aromatic rings. The van der Waals surface area contributed by atoms with E-state index in [1.807, 2.05) is 0 Å². The molecule has 0 unspecified atom stereocenters. The van der Waals surface area contributed by atoms with Crippen molar-refractivity contribution >= 4 is 175 Å². The van der Waals surface area contributed by atoms with E-state index in [0.717, 1.165) is 23.9 Å². The first-order valence-corrected chi connectivity index (χ1v) is 28.7. The molecule has 10 nitrogen and oxygen atoms in total. The number of amides is 6. The molecule has 0 aromatic carbocycles. The van der Waals surface area contributed by atoms with Gasteiger partial charge in [0.1, 0.15) is 9.41 Å². The Bertz CT molecular complexity index is 881. The van der Waals surface area contributed by atoms with Crippen LogP contribution in [0, 0.1) is 0 Å². The van der Waals surface area contributed by atoms with E-state index in [-0.39, 0.29) is 78.2 Å². The van der Waals surface area contributed by atoms with Crippen LogP contribution in [0.4, 0.5) is 0 Å². The zero-order valence-corrected chi connectivity index (χ0v) is 33.2. The fourth-order valence-electron chi connectivity index (χ4n) is 2.29. The first-order valence-electron chi connectivity index (χ1n) is 10.3. The summed E-state index contributed by atoms with van der Waals surface area (Å²) in [4.78, 5) is 69.1. The minimum Gasteiger partial charge on any atom is -0.334 e. The second-order valence-electron chi connectivity index (χ2n) is 6.50. The van der Waals surface area contributed by atoms with E-state index in [0.29, 0.717) is 0 Å². The average Bonchev–Trinajstić information content (AvgIpc) is 3.89. The summed E-state index contributed by atoms with van der Waals surface area (Å²) in [5.41, 5.74) is 0. The van der Waals surface area contributed by atoms with Crippen LogP contribution in [0.3, 0.4) is 0 Å². The third kappa shape index (κ3) is 22.5. The summed E-state index contributed by atoms with van der Waals surface area (Å²) in [7, 11) is 11.6. The molecule has 0 atom stereocenters. The number of carbonyl (C=O) groups excluding carboxylic acids is 6. The zero-order chi connectivity index (χ0) is 30.5. The molecule has 4 heterocycles. The average molecular weight is 979 g/mol. The fraction of sp³-hybridized carbons (Fsp3) is 0.474. The molecule has 41 heavy (non-hydrogen) atoms. The largest absolute Gasteiger partial charge is 0.334 e. The molecule has 2 N–H and O–H groups in total. The SMILES string of the molecule is C.CSSC.II.O=C(CCN1C(=O)C=CC1=O)NC1SS1.O=C(CCN1C(=O)C=CC1=O)NC1SS1.S=PP=S. The molecule has 4 aliphatic rings. The maximum Gasteiger partial charge on any atom is 0.253 e. The highest BCUT2D eigenvalue weighted by molar-refractivity contribution is 15.0. The molecule has 22 heteroatoms.